The fourth-order valence-electron chi connectivity index (χ4n) is 1.79. The van der Waals surface area contributed by atoms with Gasteiger partial charge < -0.3 is 5.32 Å². The lowest BCUT2D eigenvalue weighted by molar-refractivity contribution is -0.289. The molecule has 1 unspecified atom stereocenters. The van der Waals surface area contributed by atoms with E-state index in [1.165, 1.54) is 12.3 Å². The van der Waals surface area contributed by atoms with Crippen LogP contribution < -0.4 is 5.32 Å². The molecule has 0 spiro atoms. The molecule has 0 fully saturated rings. The first-order valence-corrected chi connectivity index (χ1v) is 7.49. The Kier molecular flexibility index (Phi) is 5.02. The minimum atomic E-state index is -5.79. The SMILES string of the molecule is O=C(Nc1ccc(C(F)(F)C(F)(F)F)cn1)C1N=CC=CC1=S(=O)=O. The van der Waals surface area contributed by atoms with Crippen LogP contribution in [-0.4, -0.2) is 42.6 Å². The molecule has 1 aliphatic heterocycles. The van der Waals surface area contributed by atoms with Crippen molar-refractivity contribution < 1.29 is 35.2 Å². The van der Waals surface area contributed by atoms with E-state index in [4.69, 9.17) is 0 Å². The second-order valence-corrected chi connectivity index (χ2v) is 5.63. The van der Waals surface area contributed by atoms with Crippen LogP contribution in [0.2, 0.25) is 0 Å². The van der Waals surface area contributed by atoms with Crippen molar-refractivity contribution in [1.29, 1.82) is 0 Å². The third-order valence-electron chi connectivity index (χ3n) is 3.03. The van der Waals surface area contributed by atoms with Crippen molar-refractivity contribution in [3.63, 3.8) is 0 Å². The van der Waals surface area contributed by atoms with Gasteiger partial charge in [-0.2, -0.15) is 30.4 Å². The maximum absolute atomic E-state index is 13.1. The Hall–Kier alpha value is -2.63. The van der Waals surface area contributed by atoms with Gasteiger partial charge >= 0.3 is 12.1 Å². The maximum atomic E-state index is 13.1. The monoisotopic (exact) mass is 381 g/mol. The number of pyridine rings is 1. The number of aromatic nitrogens is 1. The van der Waals surface area contributed by atoms with Crippen LogP contribution in [0.5, 0.6) is 0 Å². The first-order chi connectivity index (χ1) is 11.5. The molecule has 6 nitrogen and oxygen atoms in total. The van der Waals surface area contributed by atoms with E-state index in [2.05, 4.69) is 15.3 Å². The van der Waals surface area contributed by atoms with Crippen molar-refractivity contribution in [1.82, 2.24) is 4.98 Å². The Morgan fingerprint density at radius 1 is 1.16 bits per heavy atom. The summed E-state index contributed by atoms with van der Waals surface area (Å²) in [5, 5.41) is 2.10. The van der Waals surface area contributed by atoms with Crippen LogP contribution in [0, 0.1) is 0 Å². The normalized spacial score (nSPS) is 17.5. The highest BCUT2D eigenvalue weighted by Gasteiger charge is 2.58. The molecule has 0 bridgehead atoms. The highest BCUT2D eigenvalue weighted by atomic mass is 32.2. The summed E-state index contributed by atoms with van der Waals surface area (Å²) < 4.78 is 85.1. The van der Waals surface area contributed by atoms with Gasteiger partial charge in [0.1, 0.15) is 10.7 Å². The van der Waals surface area contributed by atoms with Crippen molar-refractivity contribution in [3.05, 3.63) is 36.0 Å². The second-order valence-electron chi connectivity index (χ2n) is 4.69. The van der Waals surface area contributed by atoms with Gasteiger partial charge in [-0.3, -0.25) is 9.79 Å². The summed E-state index contributed by atoms with van der Waals surface area (Å²) in [6.07, 6.45) is -1.91. The Morgan fingerprint density at radius 3 is 2.36 bits per heavy atom. The van der Waals surface area contributed by atoms with Gasteiger partial charge in [0.05, 0.1) is 0 Å². The highest BCUT2D eigenvalue weighted by molar-refractivity contribution is 7.73. The number of carbonyl (C=O) groups excluding carboxylic acids is 1. The maximum Gasteiger partial charge on any atom is 0.458 e. The molecule has 1 aromatic rings. The molecule has 0 saturated heterocycles. The number of carbonyl (C=O) groups is 1. The zero-order chi connectivity index (χ0) is 18.8. The molecule has 0 saturated carbocycles. The number of amides is 1. The van der Waals surface area contributed by atoms with Gasteiger partial charge in [0.15, 0.2) is 6.04 Å². The van der Waals surface area contributed by atoms with E-state index in [0.29, 0.717) is 6.07 Å². The van der Waals surface area contributed by atoms with Gasteiger partial charge in [-0.25, -0.2) is 4.98 Å². The Morgan fingerprint density at radius 2 is 1.84 bits per heavy atom. The molecule has 1 atom stereocenters. The molecule has 1 N–H and O–H groups in total. The van der Waals surface area contributed by atoms with Crippen molar-refractivity contribution in [2.75, 3.05) is 5.32 Å². The van der Waals surface area contributed by atoms with Gasteiger partial charge in [0.25, 0.3) is 5.91 Å². The standard InChI is InChI=1S/C13H8F5N3O3S/c14-12(15,13(16,17)18)7-3-4-9(20-6-7)21-11(22)10-8(25(23)24)2-1-5-19-10/h1-6,10H,(H,20,21,22). The second kappa shape index (κ2) is 6.70. The highest BCUT2D eigenvalue weighted by Crippen LogP contribution is 2.43. The number of alkyl halides is 5. The number of nitrogens with zero attached hydrogens (tertiary/aromatic N) is 2. The number of nitrogens with one attached hydrogen (secondary N) is 1. The van der Waals surface area contributed by atoms with E-state index in [1.807, 2.05) is 0 Å². The van der Waals surface area contributed by atoms with Crippen LogP contribution in [0.25, 0.3) is 0 Å². The van der Waals surface area contributed by atoms with E-state index >= 15 is 0 Å². The van der Waals surface area contributed by atoms with Crippen LogP contribution in [0.4, 0.5) is 27.8 Å². The first-order valence-electron chi connectivity index (χ1n) is 6.42. The quantitative estimate of drug-likeness (QED) is 0.638. The molecule has 2 heterocycles. The van der Waals surface area contributed by atoms with Crippen LogP contribution in [0.15, 0.2) is 35.5 Å². The molecule has 1 aromatic heterocycles. The third-order valence-corrected chi connectivity index (χ3v) is 3.77. The van der Waals surface area contributed by atoms with Gasteiger partial charge in [-0.05, 0) is 24.3 Å². The molecular weight excluding hydrogens is 373 g/mol. The number of anilines is 1. The summed E-state index contributed by atoms with van der Waals surface area (Å²) >= 11 is 0. The van der Waals surface area contributed by atoms with Crippen LogP contribution in [-0.2, 0) is 21.0 Å². The largest absolute Gasteiger partial charge is 0.458 e. The minimum absolute atomic E-state index is 0.267. The predicted octanol–water partition coefficient (Wildman–Crippen LogP) is 1.73. The zero-order valence-electron chi connectivity index (χ0n) is 12.0. The lowest BCUT2D eigenvalue weighted by Crippen LogP contribution is -2.35. The third kappa shape index (κ3) is 3.90. The number of halogens is 5. The smallest absolute Gasteiger partial charge is 0.308 e. The summed E-state index contributed by atoms with van der Waals surface area (Å²) in [6, 6.07) is -0.221. The van der Waals surface area contributed by atoms with E-state index in [9.17, 15) is 35.2 Å². The topological polar surface area (TPSA) is 88.5 Å². The van der Waals surface area contributed by atoms with Gasteiger partial charge in [0, 0.05) is 18.0 Å². The average Bonchev–Trinajstić information content (AvgIpc) is 2.54. The van der Waals surface area contributed by atoms with Gasteiger partial charge in [0.2, 0.25) is 10.3 Å². The number of hydrogen-bond acceptors (Lipinski definition) is 5. The minimum Gasteiger partial charge on any atom is -0.308 e. The van der Waals surface area contributed by atoms with E-state index in [0.717, 1.165) is 12.1 Å². The Bertz CT molecular complexity index is 865. The first kappa shape index (κ1) is 18.7. The van der Waals surface area contributed by atoms with Crippen molar-refractivity contribution >= 4 is 33.1 Å². The lowest BCUT2D eigenvalue weighted by Gasteiger charge is -2.19. The van der Waals surface area contributed by atoms with Crippen LogP contribution in [0.3, 0.4) is 0 Å². The van der Waals surface area contributed by atoms with Crippen LogP contribution >= 0.6 is 0 Å². The number of hydrogen-bond donors (Lipinski definition) is 1. The summed E-state index contributed by atoms with van der Waals surface area (Å²) in [6.45, 7) is 0. The van der Waals surface area contributed by atoms with E-state index in [1.54, 1.807) is 0 Å². The van der Waals surface area contributed by atoms with Gasteiger partial charge in [-0.1, -0.05) is 0 Å². The van der Waals surface area contributed by atoms with Crippen LogP contribution in [0.1, 0.15) is 5.56 Å². The molecule has 0 aromatic carbocycles. The molecule has 25 heavy (non-hydrogen) atoms. The summed E-state index contributed by atoms with van der Waals surface area (Å²) in [7, 11) is -2.73. The number of aliphatic imine (C=N–C) groups is 1. The molecule has 1 amide bonds. The molecule has 1 aliphatic rings. The van der Waals surface area contributed by atoms with Crippen molar-refractivity contribution in [2.45, 2.75) is 18.1 Å². The van der Waals surface area contributed by atoms with Crippen molar-refractivity contribution in [3.8, 4) is 0 Å². The molecular formula is C13H8F5N3O3S. The summed E-state index contributed by atoms with van der Waals surface area (Å²) in [5.74, 6) is -6.38. The summed E-state index contributed by atoms with van der Waals surface area (Å²) in [4.78, 5) is 18.7. The molecule has 0 radical (unpaired) electrons. The average molecular weight is 381 g/mol. The fraction of sp³-hybridized carbons (Fsp3) is 0.231. The zero-order valence-corrected chi connectivity index (χ0v) is 12.8. The number of dihydropyridines is 1. The van der Waals surface area contributed by atoms with E-state index < -0.39 is 39.9 Å². The molecule has 0 aliphatic carbocycles. The van der Waals surface area contributed by atoms with E-state index in [-0.39, 0.29) is 16.9 Å². The molecule has 2 rings (SSSR count). The lowest BCUT2D eigenvalue weighted by atomic mass is 10.1. The Labute approximate surface area is 138 Å². The fourth-order valence-corrected chi connectivity index (χ4v) is 2.33. The van der Waals surface area contributed by atoms with Gasteiger partial charge in [-0.15, -0.1) is 0 Å². The number of rotatable bonds is 3. The van der Waals surface area contributed by atoms with Crippen molar-refractivity contribution in [2.24, 2.45) is 4.99 Å². The number of allylic oxidation sites excluding steroid dienone is 1. The molecule has 12 heteroatoms. The predicted molar refractivity (Wildman–Crippen MR) is 78.2 cm³/mol. The molecule has 134 valence electrons. The Balaban J connectivity index is 2.20. The summed E-state index contributed by atoms with van der Waals surface area (Å²) in [5.41, 5.74) is -1.40.